The fourth-order valence-electron chi connectivity index (χ4n) is 2.78. The van der Waals surface area contributed by atoms with Crippen LogP contribution in [0, 0.1) is 0 Å². The van der Waals surface area contributed by atoms with E-state index >= 15 is 0 Å². The smallest absolute Gasteiger partial charge is 0.227 e. The number of rotatable bonds is 8. The van der Waals surface area contributed by atoms with Crippen LogP contribution in [0.4, 0.5) is 11.8 Å². The predicted molar refractivity (Wildman–Crippen MR) is 93.8 cm³/mol. The Morgan fingerprint density at radius 3 is 2.78 bits per heavy atom. The fourth-order valence-corrected chi connectivity index (χ4v) is 4.51. The Hall–Kier alpha value is -1.41. The summed E-state index contributed by atoms with van der Waals surface area (Å²) in [6, 6.07) is 1.83. The lowest BCUT2D eigenvalue weighted by Crippen LogP contribution is -2.37. The number of sulfone groups is 1. The van der Waals surface area contributed by atoms with Gasteiger partial charge in [0.2, 0.25) is 5.95 Å². The van der Waals surface area contributed by atoms with E-state index in [1.807, 2.05) is 17.9 Å². The lowest BCUT2D eigenvalue weighted by atomic mass is 10.2. The van der Waals surface area contributed by atoms with Gasteiger partial charge in [-0.2, -0.15) is 4.98 Å². The van der Waals surface area contributed by atoms with Crippen molar-refractivity contribution in [3.63, 3.8) is 0 Å². The largest absolute Gasteiger partial charge is 0.370 e. The highest BCUT2D eigenvalue weighted by Gasteiger charge is 2.32. The van der Waals surface area contributed by atoms with Crippen LogP contribution in [0.25, 0.3) is 0 Å². The van der Waals surface area contributed by atoms with Gasteiger partial charge in [0.25, 0.3) is 0 Å². The molecule has 130 valence electrons. The summed E-state index contributed by atoms with van der Waals surface area (Å²) in [6.45, 7) is 4.57. The molecule has 1 aromatic rings. The van der Waals surface area contributed by atoms with E-state index in [1.54, 1.807) is 6.20 Å². The summed E-state index contributed by atoms with van der Waals surface area (Å²) < 4.78 is 23.4. The van der Waals surface area contributed by atoms with Gasteiger partial charge in [-0.15, -0.1) is 0 Å². The first-order valence-corrected chi connectivity index (χ1v) is 9.92. The van der Waals surface area contributed by atoms with Crippen LogP contribution < -0.4 is 10.2 Å². The standard InChI is InChI=1S/C15H27N5O2S/c1-4-20(13-7-11-23(21,22)12-13)15-17-9-6-14(18-15)16-8-5-10-19(2)3/h6,9,13H,4-5,7-8,10-12H2,1-3H3,(H,16,17,18). The average molecular weight is 341 g/mol. The lowest BCUT2D eigenvalue weighted by Gasteiger charge is -2.27. The Balaban J connectivity index is 1.99. The molecule has 0 spiro atoms. The van der Waals surface area contributed by atoms with Gasteiger partial charge >= 0.3 is 0 Å². The minimum atomic E-state index is -2.91. The molecule has 1 fully saturated rings. The number of anilines is 2. The monoisotopic (exact) mass is 341 g/mol. The molecule has 0 bridgehead atoms. The summed E-state index contributed by atoms with van der Waals surface area (Å²) in [5, 5.41) is 3.30. The molecule has 0 radical (unpaired) electrons. The van der Waals surface area contributed by atoms with E-state index in [1.165, 1.54) is 0 Å². The van der Waals surface area contributed by atoms with Gasteiger partial charge in [0.15, 0.2) is 9.84 Å². The molecule has 1 unspecified atom stereocenters. The molecular formula is C15H27N5O2S. The van der Waals surface area contributed by atoms with Crippen molar-refractivity contribution in [2.24, 2.45) is 0 Å². The SMILES string of the molecule is CCN(c1nccc(NCCCN(C)C)n1)C1CCS(=O)(=O)C1. The third kappa shape index (κ3) is 5.31. The van der Waals surface area contributed by atoms with Gasteiger partial charge in [0, 0.05) is 25.3 Å². The van der Waals surface area contributed by atoms with Gasteiger partial charge in [-0.05, 0) is 46.5 Å². The van der Waals surface area contributed by atoms with E-state index in [-0.39, 0.29) is 17.5 Å². The van der Waals surface area contributed by atoms with Crippen LogP contribution in [0.2, 0.25) is 0 Å². The second kappa shape index (κ2) is 7.92. The second-order valence-corrected chi connectivity index (χ2v) is 8.40. The predicted octanol–water partition coefficient (Wildman–Crippen LogP) is 0.854. The first-order chi connectivity index (χ1) is 10.9. The maximum Gasteiger partial charge on any atom is 0.227 e. The molecule has 1 aromatic heterocycles. The van der Waals surface area contributed by atoms with Crippen LogP contribution in [0.1, 0.15) is 19.8 Å². The van der Waals surface area contributed by atoms with Crippen molar-refractivity contribution in [1.82, 2.24) is 14.9 Å². The van der Waals surface area contributed by atoms with Gasteiger partial charge in [-0.25, -0.2) is 13.4 Å². The zero-order chi connectivity index (χ0) is 16.9. The van der Waals surface area contributed by atoms with Crippen LogP contribution in [-0.4, -0.2) is 74.6 Å². The summed E-state index contributed by atoms with van der Waals surface area (Å²) >= 11 is 0. The van der Waals surface area contributed by atoms with Crippen molar-refractivity contribution in [3.05, 3.63) is 12.3 Å². The van der Waals surface area contributed by atoms with E-state index in [2.05, 4.69) is 34.3 Å². The van der Waals surface area contributed by atoms with Gasteiger partial charge in [-0.1, -0.05) is 0 Å². The van der Waals surface area contributed by atoms with Crippen molar-refractivity contribution in [1.29, 1.82) is 0 Å². The minimum absolute atomic E-state index is 0.0195. The van der Waals surface area contributed by atoms with Crippen molar-refractivity contribution in [3.8, 4) is 0 Å². The Bertz CT molecular complexity index is 606. The Morgan fingerprint density at radius 2 is 2.17 bits per heavy atom. The van der Waals surface area contributed by atoms with E-state index in [0.717, 1.165) is 25.3 Å². The highest BCUT2D eigenvalue weighted by molar-refractivity contribution is 7.91. The second-order valence-electron chi connectivity index (χ2n) is 6.17. The first kappa shape index (κ1) is 17.9. The quantitative estimate of drug-likeness (QED) is 0.702. The Morgan fingerprint density at radius 1 is 1.39 bits per heavy atom. The highest BCUT2D eigenvalue weighted by atomic mass is 32.2. The average Bonchev–Trinajstić information content (AvgIpc) is 2.85. The molecule has 2 heterocycles. The van der Waals surface area contributed by atoms with Gasteiger partial charge in [0.05, 0.1) is 11.5 Å². The number of aromatic nitrogens is 2. The lowest BCUT2D eigenvalue weighted by molar-refractivity contribution is 0.405. The topological polar surface area (TPSA) is 78.4 Å². The van der Waals surface area contributed by atoms with Crippen LogP contribution in [-0.2, 0) is 9.84 Å². The van der Waals surface area contributed by atoms with Crippen LogP contribution in [0.3, 0.4) is 0 Å². The van der Waals surface area contributed by atoms with Gasteiger partial charge < -0.3 is 15.1 Å². The summed E-state index contributed by atoms with van der Waals surface area (Å²) in [5.41, 5.74) is 0. The molecule has 0 aliphatic carbocycles. The van der Waals surface area contributed by atoms with E-state index < -0.39 is 9.84 Å². The third-order valence-corrected chi connectivity index (χ3v) is 5.73. The molecule has 1 aliphatic heterocycles. The molecule has 1 N–H and O–H groups in total. The molecule has 0 amide bonds. The van der Waals surface area contributed by atoms with Gasteiger partial charge in [-0.3, -0.25) is 0 Å². The third-order valence-electron chi connectivity index (χ3n) is 3.98. The van der Waals surface area contributed by atoms with E-state index in [4.69, 9.17) is 0 Å². The fraction of sp³-hybridized carbons (Fsp3) is 0.733. The maximum atomic E-state index is 11.7. The molecular weight excluding hydrogens is 314 g/mol. The van der Waals surface area contributed by atoms with Crippen LogP contribution in [0.5, 0.6) is 0 Å². The Kier molecular flexibility index (Phi) is 6.17. The van der Waals surface area contributed by atoms with Crippen molar-refractivity contribution in [2.75, 3.05) is 55.5 Å². The van der Waals surface area contributed by atoms with Crippen LogP contribution in [0.15, 0.2) is 12.3 Å². The summed E-state index contributed by atoms with van der Waals surface area (Å²) in [6.07, 6.45) is 3.41. The van der Waals surface area contributed by atoms with Gasteiger partial charge in [0.1, 0.15) is 5.82 Å². The summed E-state index contributed by atoms with van der Waals surface area (Å²) in [5.74, 6) is 1.85. The van der Waals surface area contributed by atoms with E-state index in [9.17, 15) is 8.42 Å². The van der Waals surface area contributed by atoms with Crippen molar-refractivity contribution in [2.45, 2.75) is 25.8 Å². The van der Waals surface area contributed by atoms with E-state index in [0.29, 0.717) is 18.9 Å². The molecule has 23 heavy (non-hydrogen) atoms. The number of nitrogens with one attached hydrogen (secondary N) is 1. The number of hydrogen-bond acceptors (Lipinski definition) is 7. The molecule has 0 aromatic carbocycles. The highest BCUT2D eigenvalue weighted by Crippen LogP contribution is 2.22. The zero-order valence-electron chi connectivity index (χ0n) is 14.2. The maximum absolute atomic E-state index is 11.7. The van der Waals surface area contributed by atoms with Crippen molar-refractivity contribution < 1.29 is 8.42 Å². The minimum Gasteiger partial charge on any atom is -0.370 e. The Labute approximate surface area is 139 Å². The molecule has 1 saturated heterocycles. The zero-order valence-corrected chi connectivity index (χ0v) is 15.0. The number of hydrogen-bond donors (Lipinski definition) is 1. The molecule has 2 rings (SSSR count). The molecule has 0 saturated carbocycles. The molecule has 1 atom stereocenters. The molecule has 7 nitrogen and oxygen atoms in total. The summed E-state index contributed by atoms with van der Waals surface area (Å²) in [7, 11) is 1.19. The molecule has 1 aliphatic rings. The van der Waals surface area contributed by atoms with Crippen LogP contribution >= 0.6 is 0 Å². The normalized spacial score (nSPS) is 19.9. The number of nitrogens with zero attached hydrogens (tertiary/aromatic N) is 4. The van der Waals surface area contributed by atoms with Crippen molar-refractivity contribution >= 4 is 21.6 Å². The summed E-state index contributed by atoms with van der Waals surface area (Å²) in [4.78, 5) is 13.0. The molecule has 8 heteroatoms. The first-order valence-electron chi connectivity index (χ1n) is 8.10.